The number of nitriles is 1. The Kier molecular flexibility index (Phi) is 4.64. The minimum absolute atomic E-state index is 0.0512. The molecule has 0 aromatic rings. The quantitative estimate of drug-likeness (QED) is 0.649. The van der Waals surface area contributed by atoms with Crippen LogP contribution in [0.3, 0.4) is 0 Å². The summed E-state index contributed by atoms with van der Waals surface area (Å²) in [5.41, 5.74) is 0.0512. The Bertz CT molecular complexity index is 226. The third kappa shape index (κ3) is 3.52. The van der Waals surface area contributed by atoms with Gasteiger partial charge in [-0.3, -0.25) is 0 Å². The van der Waals surface area contributed by atoms with Gasteiger partial charge in [-0.15, -0.1) is 0 Å². The zero-order valence-corrected chi connectivity index (χ0v) is 10.6. The lowest BCUT2D eigenvalue weighted by Crippen LogP contribution is -2.14. The number of rotatable bonds is 5. The van der Waals surface area contributed by atoms with Crippen molar-refractivity contribution in [1.82, 2.24) is 0 Å². The van der Waals surface area contributed by atoms with Crippen molar-refractivity contribution in [2.45, 2.75) is 65.7 Å². The fraction of sp³-hybridized carbons (Fsp3) is 0.929. The molecule has 1 heteroatoms. The molecule has 86 valence electrons. The van der Waals surface area contributed by atoms with Gasteiger partial charge in [0, 0.05) is 0 Å². The molecule has 1 aliphatic carbocycles. The second-order valence-corrected chi connectivity index (χ2v) is 5.70. The molecule has 2 atom stereocenters. The molecule has 0 bridgehead atoms. The summed E-state index contributed by atoms with van der Waals surface area (Å²) < 4.78 is 0. The summed E-state index contributed by atoms with van der Waals surface area (Å²) in [4.78, 5) is 0. The van der Waals surface area contributed by atoms with Gasteiger partial charge in [0.2, 0.25) is 0 Å². The first-order valence-electron chi connectivity index (χ1n) is 6.53. The monoisotopic (exact) mass is 207 g/mol. The third-order valence-corrected chi connectivity index (χ3v) is 3.96. The molecular weight excluding hydrogens is 182 g/mol. The molecule has 1 aliphatic rings. The van der Waals surface area contributed by atoms with E-state index in [2.05, 4.69) is 26.8 Å². The molecule has 0 amide bonds. The van der Waals surface area contributed by atoms with Crippen LogP contribution in [0.25, 0.3) is 0 Å². The van der Waals surface area contributed by atoms with Crippen molar-refractivity contribution in [3.05, 3.63) is 0 Å². The predicted octanol–water partition coefficient (Wildman–Crippen LogP) is 4.53. The minimum atomic E-state index is 0.0512. The maximum absolute atomic E-state index is 9.35. The number of hydrogen-bond donors (Lipinski definition) is 0. The lowest BCUT2D eigenvalue weighted by molar-refractivity contribution is 0.331. The normalized spacial score (nSPS) is 30.7. The second-order valence-electron chi connectivity index (χ2n) is 5.70. The minimum Gasteiger partial charge on any atom is -0.198 e. The van der Waals surface area contributed by atoms with Gasteiger partial charge in [-0.2, -0.15) is 5.26 Å². The van der Waals surface area contributed by atoms with Gasteiger partial charge in [-0.05, 0) is 37.5 Å². The van der Waals surface area contributed by atoms with Crippen LogP contribution in [0.15, 0.2) is 0 Å². The van der Waals surface area contributed by atoms with Gasteiger partial charge in [0.15, 0.2) is 0 Å². The number of nitrogens with zero attached hydrogens (tertiary/aromatic N) is 1. The average molecular weight is 207 g/mol. The molecule has 0 spiro atoms. The van der Waals surface area contributed by atoms with Crippen molar-refractivity contribution in [2.75, 3.05) is 0 Å². The van der Waals surface area contributed by atoms with Gasteiger partial charge in [-0.25, -0.2) is 0 Å². The van der Waals surface area contributed by atoms with Crippen LogP contribution < -0.4 is 0 Å². The SMILES string of the molecule is CCC1CCC(C#N)(CCCC(C)C)C1. The smallest absolute Gasteiger partial charge is 0.0689 e. The molecule has 0 aromatic heterocycles. The van der Waals surface area contributed by atoms with Crippen LogP contribution in [-0.2, 0) is 0 Å². The Morgan fingerprint density at radius 2 is 2.20 bits per heavy atom. The number of hydrogen-bond acceptors (Lipinski definition) is 1. The van der Waals surface area contributed by atoms with Gasteiger partial charge in [0.25, 0.3) is 0 Å². The van der Waals surface area contributed by atoms with Gasteiger partial charge < -0.3 is 0 Å². The second kappa shape index (κ2) is 5.54. The first kappa shape index (κ1) is 12.6. The molecule has 1 rings (SSSR count). The van der Waals surface area contributed by atoms with Gasteiger partial charge in [0.05, 0.1) is 11.5 Å². The summed E-state index contributed by atoms with van der Waals surface area (Å²) >= 11 is 0. The van der Waals surface area contributed by atoms with Crippen molar-refractivity contribution in [2.24, 2.45) is 17.3 Å². The molecule has 1 nitrogen and oxygen atoms in total. The van der Waals surface area contributed by atoms with Crippen molar-refractivity contribution >= 4 is 0 Å². The largest absolute Gasteiger partial charge is 0.198 e. The predicted molar refractivity (Wildman–Crippen MR) is 64.4 cm³/mol. The summed E-state index contributed by atoms with van der Waals surface area (Å²) in [7, 11) is 0. The van der Waals surface area contributed by atoms with Crippen LogP contribution in [0.5, 0.6) is 0 Å². The topological polar surface area (TPSA) is 23.8 Å². The highest BCUT2D eigenvalue weighted by Gasteiger charge is 2.37. The average Bonchev–Trinajstić information content (AvgIpc) is 2.62. The van der Waals surface area contributed by atoms with E-state index in [1.54, 1.807) is 0 Å². The van der Waals surface area contributed by atoms with E-state index in [-0.39, 0.29) is 5.41 Å². The molecule has 2 unspecified atom stereocenters. The van der Waals surface area contributed by atoms with Crippen LogP contribution in [0, 0.1) is 28.6 Å². The van der Waals surface area contributed by atoms with Crippen molar-refractivity contribution < 1.29 is 0 Å². The highest BCUT2D eigenvalue weighted by Crippen LogP contribution is 2.46. The fourth-order valence-corrected chi connectivity index (χ4v) is 2.82. The van der Waals surface area contributed by atoms with Gasteiger partial charge in [0.1, 0.15) is 0 Å². The summed E-state index contributed by atoms with van der Waals surface area (Å²) in [6.45, 7) is 6.79. The Labute approximate surface area is 94.9 Å². The van der Waals surface area contributed by atoms with E-state index >= 15 is 0 Å². The van der Waals surface area contributed by atoms with E-state index in [0.29, 0.717) is 0 Å². The molecule has 0 radical (unpaired) electrons. The molecule has 0 aliphatic heterocycles. The van der Waals surface area contributed by atoms with E-state index in [1.165, 1.54) is 25.7 Å². The molecule has 1 saturated carbocycles. The van der Waals surface area contributed by atoms with E-state index in [0.717, 1.165) is 31.1 Å². The van der Waals surface area contributed by atoms with E-state index in [4.69, 9.17) is 0 Å². The van der Waals surface area contributed by atoms with Crippen LogP contribution in [0.2, 0.25) is 0 Å². The van der Waals surface area contributed by atoms with Gasteiger partial charge in [-0.1, -0.05) is 40.0 Å². The lowest BCUT2D eigenvalue weighted by Gasteiger charge is -2.21. The van der Waals surface area contributed by atoms with Crippen LogP contribution in [-0.4, -0.2) is 0 Å². The van der Waals surface area contributed by atoms with E-state index in [1.807, 2.05) is 0 Å². The Morgan fingerprint density at radius 1 is 1.47 bits per heavy atom. The van der Waals surface area contributed by atoms with Crippen LogP contribution >= 0.6 is 0 Å². The summed E-state index contributed by atoms with van der Waals surface area (Å²) in [6, 6.07) is 2.62. The maximum atomic E-state index is 9.35. The molecule has 0 saturated heterocycles. The zero-order valence-electron chi connectivity index (χ0n) is 10.6. The zero-order chi connectivity index (χ0) is 11.3. The molecular formula is C14H25N. The molecule has 0 heterocycles. The highest BCUT2D eigenvalue weighted by atomic mass is 14.4. The first-order valence-corrected chi connectivity index (χ1v) is 6.53. The summed E-state index contributed by atoms with van der Waals surface area (Å²) in [5.74, 6) is 1.60. The molecule has 0 aromatic carbocycles. The molecule has 15 heavy (non-hydrogen) atoms. The van der Waals surface area contributed by atoms with Crippen molar-refractivity contribution in [1.29, 1.82) is 5.26 Å². The Hall–Kier alpha value is -0.510. The molecule has 0 N–H and O–H groups in total. The van der Waals surface area contributed by atoms with Gasteiger partial charge >= 0.3 is 0 Å². The summed E-state index contributed by atoms with van der Waals surface area (Å²) in [5, 5.41) is 9.35. The summed E-state index contributed by atoms with van der Waals surface area (Å²) in [6.07, 6.45) is 8.51. The fourth-order valence-electron chi connectivity index (χ4n) is 2.82. The highest BCUT2D eigenvalue weighted by molar-refractivity contribution is 5.03. The van der Waals surface area contributed by atoms with Crippen molar-refractivity contribution in [3.63, 3.8) is 0 Å². The molecule has 1 fully saturated rings. The van der Waals surface area contributed by atoms with Crippen LogP contribution in [0.1, 0.15) is 65.7 Å². The Morgan fingerprint density at radius 3 is 2.67 bits per heavy atom. The Balaban J connectivity index is 2.39. The van der Waals surface area contributed by atoms with Crippen LogP contribution in [0.4, 0.5) is 0 Å². The first-order chi connectivity index (χ1) is 7.12. The van der Waals surface area contributed by atoms with E-state index < -0.39 is 0 Å². The lowest BCUT2D eigenvalue weighted by atomic mass is 9.81. The maximum Gasteiger partial charge on any atom is 0.0689 e. The standard InChI is InChI=1S/C14H25N/c1-4-13-7-9-14(10-13,11-15)8-5-6-12(2)3/h12-13H,4-10H2,1-3H3. The van der Waals surface area contributed by atoms with E-state index in [9.17, 15) is 5.26 Å². The van der Waals surface area contributed by atoms with Crippen molar-refractivity contribution in [3.8, 4) is 6.07 Å². The third-order valence-electron chi connectivity index (χ3n) is 3.96.